The molecule has 1 aliphatic heterocycles. The average molecular weight is 289 g/mol. The van der Waals surface area contributed by atoms with Crippen LogP contribution in [0.25, 0.3) is 0 Å². The lowest BCUT2D eigenvalue weighted by molar-refractivity contribution is 0.579. The van der Waals surface area contributed by atoms with Crippen molar-refractivity contribution in [2.45, 2.75) is 6.42 Å². The van der Waals surface area contributed by atoms with Crippen LogP contribution >= 0.6 is 11.6 Å². The van der Waals surface area contributed by atoms with Gasteiger partial charge in [0.1, 0.15) is 5.15 Å². The largest absolute Gasteiger partial charge is 0.338 e. The second kappa shape index (κ2) is 6.20. The maximum atomic E-state index is 6.14. The first kappa shape index (κ1) is 13.3. The molecule has 0 bridgehead atoms. The van der Waals surface area contributed by atoms with Crippen LogP contribution in [0.2, 0.25) is 5.15 Å². The van der Waals surface area contributed by atoms with Crippen LogP contribution < -0.4 is 10.2 Å². The Balaban J connectivity index is 1.82. The molecule has 1 aromatic carbocycles. The fourth-order valence-corrected chi connectivity index (χ4v) is 2.55. The van der Waals surface area contributed by atoms with E-state index in [1.165, 1.54) is 5.56 Å². The minimum atomic E-state index is 0.513. The van der Waals surface area contributed by atoms with E-state index in [1.807, 2.05) is 24.3 Å². The molecule has 1 aromatic heterocycles. The lowest BCUT2D eigenvalue weighted by Crippen LogP contribution is -2.44. The van der Waals surface area contributed by atoms with E-state index in [0.717, 1.165) is 44.2 Å². The molecule has 0 unspecified atom stereocenters. The third-order valence-electron chi connectivity index (χ3n) is 3.36. The number of benzene rings is 1. The fraction of sp³-hybridized carbons (Fsp3) is 0.333. The zero-order chi connectivity index (χ0) is 13.8. The van der Waals surface area contributed by atoms with Gasteiger partial charge in [0.05, 0.1) is 5.69 Å². The molecule has 5 heteroatoms. The summed E-state index contributed by atoms with van der Waals surface area (Å²) in [6, 6.07) is 12.1. The number of rotatable bonds is 3. The average Bonchev–Trinajstić information content (AvgIpc) is 2.49. The summed E-state index contributed by atoms with van der Waals surface area (Å²) in [6.07, 6.45) is 0.780. The van der Waals surface area contributed by atoms with Crippen molar-refractivity contribution in [2.75, 3.05) is 31.1 Å². The third-order valence-corrected chi connectivity index (χ3v) is 3.56. The van der Waals surface area contributed by atoms with Gasteiger partial charge in [0.25, 0.3) is 0 Å². The Bertz CT molecular complexity index is 567. The van der Waals surface area contributed by atoms with Gasteiger partial charge in [-0.25, -0.2) is 9.97 Å². The molecule has 20 heavy (non-hydrogen) atoms. The number of hydrogen-bond acceptors (Lipinski definition) is 4. The van der Waals surface area contributed by atoms with Crippen molar-refractivity contribution in [3.05, 3.63) is 52.8 Å². The summed E-state index contributed by atoms with van der Waals surface area (Å²) in [5.74, 6) is 0.741. The number of aromatic nitrogens is 2. The van der Waals surface area contributed by atoms with Crippen molar-refractivity contribution in [3.63, 3.8) is 0 Å². The third kappa shape index (κ3) is 3.26. The van der Waals surface area contributed by atoms with Crippen LogP contribution in [0.15, 0.2) is 36.4 Å². The lowest BCUT2D eigenvalue weighted by Gasteiger charge is -2.27. The van der Waals surface area contributed by atoms with Gasteiger partial charge in [0.2, 0.25) is 5.95 Å². The van der Waals surface area contributed by atoms with Gasteiger partial charge in [-0.05, 0) is 11.6 Å². The van der Waals surface area contributed by atoms with E-state index in [4.69, 9.17) is 11.6 Å². The van der Waals surface area contributed by atoms with Crippen molar-refractivity contribution >= 4 is 17.5 Å². The van der Waals surface area contributed by atoms with Gasteiger partial charge in [-0.2, -0.15) is 0 Å². The van der Waals surface area contributed by atoms with E-state index in [9.17, 15) is 0 Å². The molecule has 0 spiro atoms. The van der Waals surface area contributed by atoms with Gasteiger partial charge in [-0.1, -0.05) is 41.9 Å². The molecular formula is C15H17ClN4. The minimum Gasteiger partial charge on any atom is -0.338 e. The second-order valence-corrected chi connectivity index (χ2v) is 5.27. The van der Waals surface area contributed by atoms with Gasteiger partial charge < -0.3 is 10.2 Å². The Morgan fingerprint density at radius 1 is 1.10 bits per heavy atom. The molecule has 4 nitrogen and oxygen atoms in total. The van der Waals surface area contributed by atoms with E-state index in [0.29, 0.717) is 5.15 Å². The van der Waals surface area contributed by atoms with E-state index >= 15 is 0 Å². The first-order chi connectivity index (χ1) is 9.81. The summed E-state index contributed by atoms with van der Waals surface area (Å²) in [5.41, 5.74) is 2.19. The van der Waals surface area contributed by atoms with Crippen molar-refractivity contribution in [1.29, 1.82) is 0 Å². The highest BCUT2D eigenvalue weighted by Crippen LogP contribution is 2.17. The maximum Gasteiger partial charge on any atom is 0.227 e. The number of anilines is 1. The van der Waals surface area contributed by atoms with Gasteiger partial charge in [-0.3, -0.25) is 0 Å². The van der Waals surface area contributed by atoms with Gasteiger partial charge >= 0.3 is 0 Å². The van der Waals surface area contributed by atoms with Crippen molar-refractivity contribution in [3.8, 4) is 0 Å². The highest BCUT2D eigenvalue weighted by atomic mass is 35.5. The number of hydrogen-bond donors (Lipinski definition) is 1. The Kier molecular flexibility index (Phi) is 4.14. The Labute approximate surface area is 123 Å². The molecule has 104 valence electrons. The first-order valence-corrected chi connectivity index (χ1v) is 7.22. The van der Waals surface area contributed by atoms with Crippen LogP contribution in [0.1, 0.15) is 11.3 Å². The minimum absolute atomic E-state index is 0.513. The van der Waals surface area contributed by atoms with Crippen LogP contribution in [0, 0.1) is 0 Å². The van der Waals surface area contributed by atoms with Crippen LogP contribution in [-0.2, 0) is 6.42 Å². The van der Waals surface area contributed by atoms with Gasteiger partial charge in [-0.15, -0.1) is 0 Å². The molecule has 0 amide bonds. The summed E-state index contributed by atoms with van der Waals surface area (Å²) >= 11 is 6.14. The molecule has 1 N–H and O–H groups in total. The fourth-order valence-electron chi connectivity index (χ4n) is 2.35. The number of halogens is 1. The number of piperazine rings is 1. The van der Waals surface area contributed by atoms with Crippen molar-refractivity contribution in [1.82, 2.24) is 15.3 Å². The Hall–Kier alpha value is -1.65. The molecule has 0 aliphatic carbocycles. The molecular weight excluding hydrogens is 272 g/mol. The summed E-state index contributed by atoms with van der Waals surface area (Å²) in [5, 5.41) is 3.84. The topological polar surface area (TPSA) is 41.1 Å². The molecule has 1 fully saturated rings. The SMILES string of the molecule is Clc1cc(Cc2ccccc2)nc(N2CCNCC2)n1. The zero-order valence-electron chi connectivity index (χ0n) is 11.2. The van der Waals surface area contributed by atoms with E-state index in [2.05, 4.69) is 32.3 Å². The lowest BCUT2D eigenvalue weighted by atomic mass is 10.1. The predicted octanol–water partition coefficient (Wildman–Crippen LogP) is 2.13. The van der Waals surface area contributed by atoms with E-state index in [-0.39, 0.29) is 0 Å². The van der Waals surface area contributed by atoms with Gasteiger partial charge in [0, 0.05) is 32.6 Å². The molecule has 1 aliphatic rings. The molecule has 0 atom stereocenters. The predicted molar refractivity (Wildman–Crippen MR) is 81.4 cm³/mol. The summed E-state index contributed by atoms with van der Waals surface area (Å²) < 4.78 is 0. The number of nitrogens with zero attached hydrogens (tertiary/aromatic N) is 3. The van der Waals surface area contributed by atoms with Crippen LogP contribution in [0.5, 0.6) is 0 Å². The highest BCUT2D eigenvalue weighted by molar-refractivity contribution is 6.29. The normalized spacial score (nSPS) is 15.3. The summed E-state index contributed by atoms with van der Waals surface area (Å²) in [7, 11) is 0. The van der Waals surface area contributed by atoms with Crippen LogP contribution in [-0.4, -0.2) is 36.1 Å². The van der Waals surface area contributed by atoms with Gasteiger partial charge in [0.15, 0.2) is 0 Å². The summed E-state index contributed by atoms with van der Waals surface area (Å²) in [6.45, 7) is 3.77. The maximum absolute atomic E-state index is 6.14. The standard InChI is InChI=1S/C15H17ClN4/c16-14-11-13(10-12-4-2-1-3-5-12)18-15(19-14)20-8-6-17-7-9-20/h1-5,11,17H,6-10H2. The molecule has 0 radical (unpaired) electrons. The second-order valence-electron chi connectivity index (χ2n) is 4.88. The molecule has 3 rings (SSSR count). The first-order valence-electron chi connectivity index (χ1n) is 6.84. The van der Waals surface area contributed by atoms with Crippen LogP contribution in [0.3, 0.4) is 0 Å². The molecule has 2 heterocycles. The Morgan fingerprint density at radius 2 is 1.85 bits per heavy atom. The molecule has 1 saturated heterocycles. The molecule has 0 saturated carbocycles. The highest BCUT2D eigenvalue weighted by Gasteiger charge is 2.14. The van der Waals surface area contributed by atoms with Crippen molar-refractivity contribution in [2.24, 2.45) is 0 Å². The van der Waals surface area contributed by atoms with E-state index < -0.39 is 0 Å². The van der Waals surface area contributed by atoms with Crippen molar-refractivity contribution < 1.29 is 0 Å². The van der Waals surface area contributed by atoms with Crippen LogP contribution in [0.4, 0.5) is 5.95 Å². The monoisotopic (exact) mass is 288 g/mol. The quantitative estimate of drug-likeness (QED) is 0.879. The number of nitrogens with one attached hydrogen (secondary N) is 1. The Morgan fingerprint density at radius 3 is 2.60 bits per heavy atom. The summed E-state index contributed by atoms with van der Waals surface area (Å²) in [4.78, 5) is 11.2. The zero-order valence-corrected chi connectivity index (χ0v) is 12.0. The smallest absolute Gasteiger partial charge is 0.227 e. The van der Waals surface area contributed by atoms with E-state index in [1.54, 1.807) is 0 Å². The molecule has 2 aromatic rings.